The van der Waals surface area contributed by atoms with Crippen molar-refractivity contribution in [1.29, 1.82) is 0 Å². The highest BCUT2D eigenvalue weighted by Crippen LogP contribution is 2.55. The van der Waals surface area contributed by atoms with Gasteiger partial charge in [-0.2, -0.15) is 0 Å². The minimum Gasteiger partial charge on any atom is -0.495 e. The number of urea groups is 1. The van der Waals surface area contributed by atoms with Crippen LogP contribution in [0.25, 0.3) is 0 Å². The molecule has 4 bridgehead atoms. The van der Waals surface area contributed by atoms with Crippen LogP contribution in [0, 0.1) is 17.8 Å². The van der Waals surface area contributed by atoms with Gasteiger partial charge in [0.15, 0.2) is 0 Å². The highest BCUT2D eigenvalue weighted by Gasteiger charge is 2.51. The third-order valence-electron chi connectivity index (χ3n) is 6.49. The molecular weight excluding hydrogens is 378 g/mol. The van der Waals surface area contributed by atoms with Crippen LogP contribution in [-0.4, -0.2) is 31.1 Å². The van der Waals surface area contributed by atoms with Crippen LogP contribution in [0.5, 0.6) is 5.75 Å². The Hall–Kier alpha value is -1.95. The molecule has 7 heteroatoms. The van der Waals surface area contributed by atoms with Crippen molar-refractivity contribution in [1.82, 2.24) is 10.6 Å². The summed E-state index contributed by atoms with van der Waals surface area (Å²) in [4.78, 5) is 24.6. The van der Waals surface area contributed by atoms with Gasteiger partial charge in [0.05, 0.1) is 12.8 Å². The molecule has 0 unspecified atom stereocenters. The van der Waals surface area contributed by atoms with E-state index in [1.165, 1.54) is 26.4 Å². The maximum atomic E-state index is 12.4. The van der Waals surface area contributed by atoms with Crippen molar-refractivity contribution in [3.8, 4) is 5.75 Å². The molecular formula is C21H28ClN3O3. The summed E-state index contributed by atoms with van der Waals surface area (Å²) >= 11 is 5.98. The Balaban J connectivity index is 1.24. The lowest BCUT2D eigenvalue weighted by molar-refractivity contribution is -0.116. The number of methoxy groups -OCH3 is 1. The number of hydrogen-bond acceptors (Lipinski definition) is 3. The molecule has 1 aromatic rings. The number of rotatable bonds is 6. The SMILES string of the molecule is COc1ccc(Cl)cc1NC(=O)CCNC(=O)NC12CC3CC(CC(C3)C1)C2. The number of halogens is 1. The second-order valence-corrected chi connectivity index (χ2v) is 9.16. The first-order valence-electron chi connectivity index (χ1n) is 10.1. The molecule has 1 aromatic carbocycles. The first-order chi connectivity index (χ1) is 13.4. The Labute approximate surface area is 170 Å². The van der Waals surface area contributed by atoms with Crippen molar-refractivity contribution in [3.63, 3.8) is 0 Å². The maximum Gasteiger partial charge on any atom is 0.315 e. The minimum absolute atomic E-state index is 0.0186. The summed E-state index contributed by atoms with van der Waals surface area (Å²) in [5.74, 6) is 2.70. The fourth-order valence-electron chi connectivity index (χ4n) is 5.83. The van der Waals surface area contributed by atoms with Crippen LogP contribution in [0.4, 0.5) is 10.5 Å². The fraction of sp³-hybridized carbons (Fsp3) is 0.619. The van der Waals surface area contributed by atoms with E-state index in [9.17, 15) is 9.59 Å². The monoisotopic (exact) mass is 405 g/mol. The predicted octanol–water partition coefficient (Wildman–Crippen LogP) is 3.95. The molecule has 4 aliphatic rings. The van der Waals surface area contributed by atoms with Gasteiger partial charge in [-0.3, -0.25) is 4.79 Å². The Morgan fingerprint density at radius 2 is 1.79 bits per heavy atom. The molecule has 0 aromatic heterocycles. The van der Waals surface area contributed by atoms with E-state index in [1.807, 2.05) is 0 Å². The summed E-state index contributed by atoms with van der Waals surface area (Å²) in [6.45, 7) is 0.285. The second-order valence-electron chi connectivity index (χ2n) is 8.72. The predicted molar refractivity (Wildman–Crippen MR) is 109 cm³/mol. The Morgan fingerprint density at radius 3 is 2.39 bits per heavy atom. The summed E-state index contributed by atoms with van der Waals surface area (Å²) in [6.07, 6.45) is 7.55. The maximum absolute atomic E-state index is 12.4. The summed E-state index contributed by atoms with van der Waals surface area (Å²) in [5, 5.41) is 9.40. The third-order valence-corrected chi connectivity index (χ3v) is 6.73. The Morgan fingerprint density at radius 1 is 1.14 bits per heavy atom. The van der Waals surface area contributed by atoms with Gasteiger partial charge in [-0.25, -0.2) is 4.79 Å². The number of carbonyl (C=O) groups is 2. The van der Waals surface area contributed by atoms with Crippen molar-refractivity contribution in [2.45, 2.75) is 50.5 Å². The van der Waals surface area contributed by atoms with E-state index in [0.29, 0.717) is 16.5 Å². The van der Waals surface area contributed by atoms with Crippen molar-refractivity contribution in [2.24, 2.45) is 17.8 Å². The Kier molecular flexibility index (Phi) is 5.41. The lowest BCUT2D eigenvalue weighted by atomic mass is 9.53. The molecule has 28 heavy (non-hydrogen) atoms. The van der Waals surface area contributed by atoms with E-state index in [0.717, 1.165) is 37.0 Å². The van der Waals surface area contributed by atoms with Crippen LogP contribution in [0.15, 0.2) is 18.2 Å². The highest BCUT2D eigenvalue weighted by molar-refractivity contribution is 6.31. The molecule has 3 amide bonds. The number of hydrogen-bond donors (Lipinski definition) is 3. The van der Waals surface area contributed by atoms with Crippen molar-refractivity contribution in [2.75, 3.05) is 19.0 Å². The molecule has 0 saturated heterocycles. The van der Waals surface area contributed by atoms with Crippen LogP contribution in [0.1, 0.15) is 44.9 Å². The largest absolute Gasteiger partial charge is 0.495 e. The van der Waals surface area contributed by atoms with Gasteiger partial charge in [0.1, 0.15) is 5.75 Å². The van der Waals surface area contributed by atoms with Gasteiger partial charge in [0.25, 0.3) is 0 Å². The molecule has 0 spiro atoms. The third kappa shape index (κ3) is 4.22. The minimum atomic E-state index is -0.198. The number of amides is 3. The normalized spacial score (nSPS) is 30.0. The summed E-state index contributed by atoms with van der Waals surface area (Å²) in [5.41, 5.74) is 0.507. The van der Waals surface area contributed by atoms with Gasteiger partial charge in [0, 0.05) is 23.5 Å². The summed E-state index contributed by atoms with van der Waals surface area (Å²) in [6, 6.07) is 4.89. The standard InChI is InChI=1S/C21H28ClN3O3/c1-28-18-3-2-16(22)9-17(18)24-19(26)4-5-23-20(27)25-21-10-13-6-14(11-21)8-15(7-13)12-21/h2-3,9,13-15H,4-8,10-12H2,1H3,(H,24,26)(H2,23,25,27). The van der Waals surface area contributed by atoms with E-state index < -0.39 is 0 Å². The molecule has 0 heterocycles. The van der Waals surface area contributed by atoms with E-state index in [-0.39, 0.29) is 30.4 Å². The van der Waals surface area contributed by atoms with Crippen molar-refractivity contribution >= 4 is 29.2 Å². The van der Waals surface area contributed by atoms with Crippen LogP contribution >= 0.6 is 11.6 Å². The van der Waals surface area contributed by atoms with Gasteiger partial charge in [-0.05, 0) is 74.5 Å². The van der Waals surface area contributed by atoms with Crippen LogP contribution in [-0.2, 0) is 4.79 Å². The molecule has 6 nitrogen and oxygen atoms in total. The Bertz CT molecular complexity index is 732. The fourth-order valence-corrected chi connectivity index (χ4v) is 6.00. The zero-order chi connectivity index (χ0) is 19.7. The lowest BCUT2D eigenvalue weighted by Gasteiger charge is -2.56. The first-order valence-corrected chi connectivity index (χ1v) is 10.5. The molecule has 0 aliphatic heterocycles. The zero-order valence-electron chi connectivity index (χ0n) is 16.2. The van der Waals surface area contributed by atoms with E-state index in [1.54, 1.807) is 18.2 Å². The molecule has 4 aliphatic carbocycles. The summed E-state index contributed by atoms with van der Waals surface area (Å²) < 4.78 is 5.23. The number of carbonyl (C=O) groups excluding carboxylic acids is 2. The smallest absolute Gasteiger partial charge is 0.315 e. The van der Waals surface area contributed by atoms with E-state index in [4.69, 9.17) is 16.3 Å². The van der Waals surface area contributed by atoms with Crippen LogP contribution in [0.3, 0.4) is 0 Å². The number of ether oxygens (including phenoxy) is 1. The molecule has 4 fully saturated rings. The lowest BCUT2D eigenvalue weighted by Crippen LogP contribution is -2.61. The average Bonchev–Trinajstić information content (AvgIpc) is 2.60. The van der Waals surface area contributed by atoms with Crippen molar-refractivity contribution < 1.29 is 14.3 Å². The van der Waals surface area contributed by atoms with Gasteiger partial charge in [-0.15, -0.1) is 0 Å². The summed E-state index contributed by atoms with van der Waals surface area (Å²) in [7, 11) is 1.54. The van der Waals surface area contributed by atoms with Crippen LogP contribution < -0.4 is 20.7 Å². The molecule has 0 radical (unpaired) electrons. The quantitative estimate of drug-likeness (QED) is 0.670. The zero-order valence-corrected chi connectivity index (χ0v) is 17.0. The molecule has 152 valence electrons. The molecule has 4 saturated carbocycles. The molecule has 0 atom stereocenters. The highest BCUT2D eigenvalue weighted by atomic mass is 35.5. The number of benzene rings is 1. The van der Waals surface area contributed by atoms with Gasteiger partial charge in [0.2, 0.25) is 5.91 Å². The molecule has 3 N–H and O–H groups in total. The van der Waals surface area contributed by atoms with Gasteiger partial charge >= 0.3 is 6.03 Å². The molecule has 5 rings (SSSR count). The number of nitrogens with one attached hydrogen (secondary N) is 3. The van der Waals surface area contributed by atoms with E-state index >= 15 is 0 Å². The number of anilines is 1. The van der Waals surface area contributed by atoms with E-state index in [2.05, 4.69) is 16.0 Å². The topological polar surface area (TPSA) is 79.5 Å². The van der Waals surface area contributed by atoms with Gasteiger partial charge < -0.3 is 20.7 Å². The van der Waals surface area contributed by atoms with Crippen molar-refractivity contribution in [3.05, 3.63) is 23.2 Å². The average molecular weight is 406 g/mol. The first kappa shape index (κ1) is 19.4. The van der Waals surface area contributed by atoms with Crippen LogP contribution in [0.2, 0.25) is 5.02 Å². The second kappa shape index (κ2) is 7.82. The van der Waals surface area contributed by atoms with Gasteiger partial charge in [-0.1, -0.05) is 11.6 Å².